The van der Waals surface area contributed by atoms with Gasteiger partial charge < -0.3 is 15.2 Å². The van der Waals surface area contributed by atoms with E-state index in [1.54, 1.807) is 18.2 Å². The molecular formula is C12H16ClNO3. The molecule has 1 amide bonds. The topological polar surface area (TPSA) is 58.6 Å². The molecule has 1 aromatic rings. The quantitative estimate of drug-likeness (QED) is 0.816. The highest BCUT2D eigenvalue weighted by Gasteiger charge is 2.04. The van der Waals surface area contributed by atoms with E-state index in [-0.39, 0.29) is 19.1 Å². The van der Waals surface area contributed by atoms with Crippen molar-refractivity contribution in [3.8, 4) is 5.75 Å². The Morgan fingerprint density at radius 3 is 2.88 bits per heavy atom. The van der Waals surface area contributed by atoms with Crippen LogP contribution in [0.15, 0.2) is 18.2 Å². The summed E-state index contributed by atoms with van der Waals surface area (Å²) in [5.74, 6) is 0.476. The number of carbonyl (C=O) groups is 1. The van der Waals surface area contributed by atoms with Crippen molar-refractivity contribution in [2.45, 2.75) is 20.0 Å². The minimum absolute atomic E-state index is 0.0457. The van der Waals surface area contributed by atoms with Gasteiger partial charge in [0.15, 0.2) is 0 Å². The zero-order valence-corrected chi connectivity index (χ0v) is 10.5. The van der Waals surface area contributed by atoms with Gasteiger partial charge in [0.05, 0.1) is 24.7 Å². The number of halogens is 1. The van der Waals surface area contributed by atoms with Crippen molar-refractivity contribution in [3.05, 3.63) is 28.8 Å². The van der Waals surface area contributed by atoms with E-state index >= 15 is 0 Å². The maximum atomic E-state index is 11.2. The molecule has 0 saturated heterocycles. The standard InChI is InChI=1S/C12H16ClNO3/c1-2-14-12(16)5-6-17-11-4-3-9(8-15)7-10(11)13/h3-4,7,15H,2,5-6,8H2,1H3,(H,14,16). The van der Waals surface area contributed by atoms with Crippen molar-refractivity contribution < 1.29 is 14.6 Å². The van der Waals surface area contributed by atoms with Crippen LogP contribution in [0.2, 0.25) is 5.02 Å². The van der Waals surface area contributed by atoms with E-state index < -0.39 is 0 Å². The number of amides is 1. The Kier molecular flexibility index (Phi) is 5.80. The summed E-state index contributed by atoms with van der Waals surface area (Å²) >= 11 is 5.95. The van der Waals surface area contributed by atoms with Gasteiger partial charge in [-0.05, 0) is 24.6 Å². The highest BCUT2D eigenvalue weighted by Crippen LogP contribution is 2.25. The van der Waals surface area contributed by atoms with Crippen LogP contribution in [-0.2, 0) is 11.4 Å². The maximum Gasteiger partial charge on any atom is 0.223 e. The summed E-state index contributed by atoms with van der Waals surface area (Å²) in [5, 5.41) is 12.0. The van der Waals surface area contributed by atoms with Crippen molar-refractivity contribution in [1.82, 2.24) is 5.32 Å². The molecule has 0 bridgehead atoms. The zero-order chi connectivity index (χ0) is 12.7. The largest absolute Gasteiger partial charge is 0.491 e. The number of nitrogens with one attached hydrogen (secondary N) is 1. The van der Waals surface area contributed by atoms with Gasteiger partial charge in [-0.25, -0.2) is 0 Å². The van der Waals surface area contributed by atoms with E-state index in [1.807, 2.05) is 6.92 Å². The first-order valence-electron chi connectivity index (χ1n) is 5.46. The molecule has 0 radical (unpaired) electrons. The minimum atomic E-state index is -0.0566. The number of rotatable bonds is 6. The molecule has 0 heterocycles. The summed E-state index contributed by atoms with van der Waals surface area (Å²) in [6, 6.07) is 5.06. The molecule has 0 atom stereocenters. The summed E-state index contributed by atoms with van der Waals surface area (Å²) in [4.78, 5) is 11.2. The lowest BCUT2D eigenvalue weighted by Gasteiger charge is -2.08. The first-order chi connectivity index (χ1) is 8.17. The number of ether oxygens (including phenoxy) is 1. The van der Waals surface area contributed by atoms with E-state index in [2.05, 4.69) is 5.32 Å². The highest BCUT2D eigenvalue weighted by atomic mass is 35.5. The van der Waals surface area contributed by atoms with E-state index in [0.29, 0.717) is 23.7 Å². The fraction of sp³-hybridized carbons (Fsp3) is 0.417. The van der Waals surface area contributed by atoms with Crippen LogP contribution in [0.1, 0.15) is 18.9 Å². The molecule has 5 heteroatoms. The van der Waals surface area contributed by atoms with Crippen LogP contribution in [0.5, 0.6) is 5.75 Å². The van der Waals surface area contributed by atoms with Crippen molar-refractivity contribution in [2.75, 3.05) is 13.2 Å². The van der Waals surface area contributed by atoms with Gasteiger partial charge in [0.25, 0.3) is 0 Å². The van der Waals surface area contributed by atoms with Gasteiger partial charge in [0, 0.05) is 6.54 Å². The SMILES string of the molecule is CCNC(=O)CCOc1ccc(CO)cc1Cl. The van der Waals surface area contributed by atoms with Crippen molar-refractivity contribution in [2.24, 2.45) is 0 Å². The van der Waals surface area contributed by atoms with Gasteiger partial charge in [0.2, 0.25) is 5.91 Å². The van der Waals surface area contributed by atoms with Crippen molar-refractivity contribution in [1.29, 1.82) is 0 Å². The minimum Gasteiger partial charge on any atom is -0.491 e. The maximum absolute atomic E-state index is 11.2. The third-order valence-corrected chi connectivity index (χ3v) is 2.43. The summed E-state index contributed by atoms with van der Waals surface area (Å²) in [7, 11) is 0. The number of hydrogen-bond donors (Lipinski definition) is 2. The molecule has 2 N–H and O–H groups in total. The van der Waals surface area contributed by atoms with Gasteiger partial charge >= 0.3 is 0 Å². The van der Waals surface area contributed by atoms with Crippen LogP contribution in [0.4, 0.5) is 0 Å². The summed E-state index contributed by atoms with van der Waals surface area (Å²) < 4.78 is 5.38. The van der Waals surface area contributed by atoms with Gasteiger partial charge in [-0.15, -0.1) is 0 Å². The summed E-state index contributed by atoms with van der Waals surface area (Å²) in [6.07, 6.45) is 0.298. The fourth-order valence-corrected chi connectivity index (χ4v) is 1.56. The van der Waals surface area contributed by atoms with Crippen LogP contribution in [-0.4, -0.2) is 24.2 Å². The molecular weight excluding hydrogens is 242 g/mol. The predicted molar refractivity (Wildman–Crippen MR) is 66.2 cm³/mol. The lowest BCUT2D eigenvalue weighted by Crippen LogP contribution is -2.24. The Hall–Kier alpha value is -1.26. The summed E-state index contributed by atoms with van der Waals surface area (Å²) in [5.41, 5.74) is 0.728. The second-order valence-corrected chi connectivity index (χ2v) is 3.88. The molecule has 0 saturated carbocycles. The van der Waals surface area contributed by atoms with Crippen LogP contribution < -0.4 is 10.1 Å². The van der Waals surface area contributed by atoms with Crippen LogP contribution >= 0.6 is 11.6 Å². The van der Waals surface area contributed by atoms with Crippen molar-refractivity contribution >= 4 is 17.5 Å². The van der Waals surface area contributed by atoms with E-state index in [1.165, 1.54) is 0 Å². The lowest BCUT2D eigenvalue weighted by atomic mass is 10.2. The second kappa shape index (κ2) is 7.14. The number of hydrogen-bond acceptors (Lipinski definition) is 3. The Bertz CT molecular complexity index is 382. The number of benzene rings is 1. The normalized spacial score (nSPS) is 10.1. The Labute approximate surface area is 106 Å². The molecule has 0 aromatic heterocycles. The van der Waals surface area contributed by atoms with Crippen LogP contribution in [0.3, 0.4) is 0 Å². The van der Waals surface area contributed by atoms with Gasteiger partial charge in [-0.1, -0.05) is 17.7 Å². The molecule has 0 unspecified atom stereocenters. The molecule has 1 aromatic carbocycles. The lowest BCUT2D eigenvalue weighted by molar-refractivity contribution is -0.121. The first-order valence-corrected chi connectivity index (χ1v) is 5.84. The molecule has 0 aliphatic carbocycles. The predicted octanol–water partition coefficient (Wildman–Crippen LogP) is 1.74. The molecule has 1 rings (SSSR count). The van der Waals surface area contributed by atoms with Crippen LogP contribution in [0, 0.1) is 0 Å². The summed E-state index contributed by atoms with van der Waals surface area (Å²) in [6.45, 7) is 2.71. The molecule has 0 fully saturated rings. The molecule has 0 aliphatic heterocycles. The number of aliphatic hydroxyl groups excluding tert-OH is 1. The molecule has 0 aliphatic rings. The third-order valence-electron chi connectivity index (χ3n) is 2.14. The van der Waals surface area contributed by atoms with Crippen LogP contribution in [0.25, 0.3) is 0 Å². The fourth-order valence-electron chi connectivity index (χ4n) is 1.30. The second-order valence-electron chi connectivity index (χ2n) is 3.47. The molecule has 0 spiro atoms. The van der Waals surface area contributed by atoms with Gasteiger partial charge in [-0.3, -0.25) is 4.79 Å². The zero-order valence-electron chi connectivity index (χ0n) is 9.70. The Morgan fingerprint density at radius 2 is 2.29 bits per heavy atom. The molecule has 17 heavy (non-hydrogen) atoms. The number of aliphatic hydroxyl groups is 1. The van der Waals surface area contributed by atoms with E-state index in [9.17, 15) is 4.79 Å². The first kappa shape index (κ1) is 13.8. The average Bonchev–Trinajstić information content (AvgIpc) is 2.31. The van der Waals surface area contributed by atoms with Crippen molar-refractivity contribution in [3.63, 3.8) is 0 Å². The van der Waals surface area contributed by atoms with Gasteiger partial charge in [-0.2, -0.15) is 0 Å². The monoisotopic (exact) mass is 257 g/mol. The number of carbonyl (C=O) groups excluding carboxylic acids is 1. The third kappa shape index (κ3) is 4.63. The molecule has 94 valence electrons. The Morgan fingerprint density at radius 1 is 1.53 bits per heavy atom. The highest BCUT2D eigenvalue weighted by molar-refractivity contribution is 6.32. The van der Waals surface area contributed by atoms with Gasteiger partial charge in [0.1, 0.15) is 5.75 Å². The Balaban J connectivity index is 2.44. The van der Waals surface area contributed by atoms with E-state index in [4.69, 9.17) is 21.4 Å². The average molecular weight is 258 g/mol. The van der Waals surface area contributed by atoms with E-state index in [0.717, 1.165) is 5.56 Å². The molecule has 4 nitrogen and oxygen atoms in total. The smallest absolute Gasteiger partial charge is 0.223 e.